The van der Waals surface area contributed by atoms with Crippen molar-refractivity contribution < 1.29 is 4.79 Å². The van der Waals surface area contributed by atoms with Crippen LogP contribution in [0.3, 0.4) is 0 Å². The van der Waals surface area contributed by atoms with E-state index in [0.29, 0.717) is 13.0 Å². The van der Waals surface area contributed by atoms with E-state index in [2.05, 4.69) is 5.32 Å². The first-order valence-corrected chi connectivity index (χ1v) is 5.53. The summed E-state index contributed by atoms with van der Waals surface area (Å²) in [6, 6.07) is 3.69. The van der Waals surface area contributed by atoms with Gasteiger partial charge in [-0.1, -0.05) is 6.92 Å². The monoisotopic (exact) mass is 212 g/mol. The van der Waals surface area contributed by atoms with E-state index in [1.807, 2.05) is 26.0 Å². The molecule has 3 N–H and O–H groups in total. The predicted molar refractivity (Wildman–Crippen MR) is 59.2 cm³/mol. The largest absolute Gasteiger partial charge is 0.350 e. The van der Waals surface area contributed by atoms with Crippen molar-refractivity contribution in [2.75, 3.05) is 0 Å². The summed E-state index contributed by atoms with van der Waals surface area (Å²) in [5.74, 6) is -0.0708. The second-order valence-corrected chi connectivity index (χ2v) is 4.62. The van der Waals surface area contributed by atoms with E-state index in [1.54, 1.807) is 11.3 Å². The topological polar surface area (TPSA) is 55.1 Å². The number of aryl methyl sites for hydroxylation is 1. The summed E-state index contributed by atoms with van der Waals surface area (Å²) in [7, 11) is 0. The first kappa shape index (κ1) is 11.2. The van der Waals surface area contributed by atoms with Crippen LogP contribution in [-0.4, -0.2) is 11.9 Å². The minimum Gasteiger partial charge on any atom is -0.350 e. The van der Waals surface area contributed by atoms with Gasteiger partial charge in [-0.05, 0) is 25.5 Å². The average Bonchev–Trinajstić information content (AvgIpc) is 2.59. The lowest BCUT2D eigenvalue weighted by molar-refractivity contribution is -0.122. The molecular weight excluding hydrogens is 196 g/mol. The van der Waals surface area contributed by atoms with Crippen LogP contribution in [0.25, 0.3) is 0 Å². The van der Waals surface area contributed by atoms with Gasteiger partial charge in [0.25, 0.3) is 0 Å². The fraction of sp³-hybridized carbons (Fsp3) is 0.500. The Labute approximate surface area is 88.3 Å². The van der Waals surface area contributed by atoms with Crippen LogP contribution in [0, 0.1) is 6.92 Å². The molecule has 0 aliphatic rings. The number of nitrogens with one attached hydrogen (secondary N) is 1. The number of nitrogens with two attached hydrogens (primary N) is 1. The van der Waals surface area contributed by atoms with Crippen molar-refractivity contribution in [1.82, 2.24) is 5.32 Å². The second-order valence-electron chi connectivity index (χ2n) is 3.24. The Hall–Kier alpha value is -0.870. The molecule has 4 heteroatoms. The van der Waals surface area contributed by atoms with Crippen LogP contribution in [0.5, 0.6) is 0 Å². The van der Waals surface area contributed by atoms with Crippen LogP contribution in [-0.2, 0) is 11.3 Å². The predicted octanol–water partition coefficient (Wildman–Crippen LogP) is 1.41. The minimum absolute atomic E-state index is 0.0708. The Kier molecular flexibility index (Phi) is 4.10. The first-order chi connectivity index (χ1) is 6.63. The van der Waals surface area contributed by atoms with E-state index in [9.17, 15) is 4.79 Å². The summed E-state index contributed by atoms with van der Waals surface area (Å²) < 4.78 is 0. The lowest BCUT2D eigenvalue weighted by Gasteiger charge is -2.08. The van der Waals surface area contributed by atoms with E-state index in [4.69, 9.17) is 5.73 Å². The molecule has 0 fully saturated rings. The lowest BCUT2D eigenvalue weighted by atomic mass is 10.2. The maximum absolute atomic E-state index is 11.3. The zero-order valence-corrected chi connectivity index (χ0v) is 9.36. The third-order valence-electron chi connectivity index (χ3n) is 2.01. The third-order valence-corrected chi connectivity index (χ3v) is 3.01. The molecule has 0 saturated heterocycles. The van der Waals surface area contributed by atoms with Gasteiger partial charge in [0.05, 0.1) is 12.6 Å². The Morgan fingerprint density at radius 1 is 1.64 bits per heavy atom. The Morgan fingerprint density at radius 2 is 2.36 bits per heavy atom. The number of carbonyl (C=O) groups excluding carboxylic acids is 1. The smallest absolute Gasteiger partial charge is 0.237 e. The molecule has 0 saturated carbocycles. The van der Waals surface area contributed by atoms with E-state index >= 15 is 0 Å². The number of amides is 1. The molecule has 1 aromatic rings. The van der Waals surface area contributed by atoms with E-state index in [0.717, 1.165) is 0 Å². The Bertz CT molecular complexity index is 309. The molecule has 0 spiro atoms. The molecule has 0 unspecified atom stereocenters. The quantitative estimate of drug-likeness (QED) is 0.793. The number of hydrogen-bond donors (Lipinski definition) is 2. The zero-order valence-electron chi connectivity index (χ0n) is 8.54. The Morgan fingerprint density at radius 3 is 2.86 bits per heavy atom. The van der Waals surface area contributed by atoms with Gasteiger partial charge in [-0.25, -0.2) is 0 Å². The van der Waals surface area contributed by atoms with Gasteiger partial charge in [-0.2, -0.15) is 0 Å². The molecular formula is C10H16N2OS. The number of carbonyl (C=O) groups is 1. The molecule has 1 amide bonds. The van der Waals surface area contributed by atoms with Gasteiger partial charge in [0.1, 0.15) is 0 Å². The second kappa shape index (κ2) is 5.12. The SMILES string of the molecule is CC[C@@H](N)C(=O)NCc1ccc(C)s1. The summed E-state index contributed by atoms with van der Waals surface area (Å²) in [4.78, 5) is 13.7. The molecule has 0 aliphatic heterocycles. The highest BCUT2D eigenvalue weighted by Gasteiger charge is 2.09. The van der Waals surface area contributed by atoms with Crippen LogP contribution in [0.1, 0.15) is 23.1 Å². The van der Waals surface area contributed by atoms with Gasteiger partial charge in [0.2, 0.25) is 5.91 Å². The lowest BCUT2D eigenvalue weighted by Crippen LogP contribution is -2.39. The van der Waals surface area contributed by atoms with Crippen LogP contribution in [0.15, 0.2) is 12.1 Å². The van der Waals surface area contributed by atoms with Crippen LogP contribution >= 0.6 is 11.3 Å². The highest BCUT2D eigenvalue weighted by atomic mass is 32.1. The van der Waals surface area contributed by atoms with Gasteiger partial charge in [-0.15, -0.1) is 11.3 Å². The first-order valence-electron chi connectivity index (χ1n) is 4.72. The highest BCUT2D eigenvalue weighted by Crippen LogP contribution is 2.14. The van der Waals surface area contributed by atoms with Gasteiger partial charge < -0.3 is 11.1 Å². The third kappa shape index (κ3) is 3.12. The van der Waals surface area contributed by atoms with Crippen LogP contribution in [0.4, 0.5) is 0 Å². The molecule has 3 nitrogen and oxygen atoms in total. The van der Waals surface area contributed by atoms with E-state index < -0.39 is 0 Å². The number of hydrogen-bond acceptors (Lipinski definition) is 3. The summed E-state index contributed by atoms with van der Waals surface area (Å²) in [5, 5.41) is 2.81. The molecule has 1 atom stereocenters. The maximum atomic E-state index is 11.3. The van der Waals surface area contributed by atoms with Crippen molar-refractivity contribution in [3.63, 3.8) is 0 Å². The normalized spacial score (nSPS) is 12.5. The number of thiophene rings is 1. The summed E-state index contributed by atoms with van der Waals surface area (Å²) in [5.41, 5.74) is 5.58. The molecule has 0 aromatic carbocycles. The molecule has 0 aliphatic carbocycles. The fourth-order valence-corrected chi connectivity index (χ4v) is 1.90. The van der Waals surface area contributed by atoms with Gasteiger partial charge in [0.15, 0.2) is 0 Å². The van der Waals surface area contributed by atoms with E-state index in [1.165, 1.54) is 9.75 Å². The Balaban J connectivity index is 2.37. The molecule has 78 valence electrons. The highest BCUT2D eigenvalue weighted by molar-refractivity contribution is 7.11. The van der Waals surface area contributed by atoms with E-state index in [-0.39, 0.29) is 11.9 Å². The molecule has 1 rings (SSSR count). The molecule has 0 bridgehead atoms. The van der Waals surface area contributed by atoms with Crippen molar-refractivity contribution in [2.45, 2.75) is 32.9 Å². The maximum Gasteiger partial charge on any atom is 0.237 e. The standard InChI is InChI=1S/C10H16N2OS/c1-3-9(11)10(13)12-6-8-5-4-7(2)14-8/h4-5,9H,3,6,11H2,1-2H3,(H,12,13)/t9-/m1/s1. The minimum atomic E-state index is -0.379. The average molecular weight is 212 g/mol. The molecule has 1 heterocycles. The molecule has 1 aromatic heterocycles. The van der Waals surface area contributed by atoms with Gasteiger partial charge >= 0.3 is 0 Å². The molecule has 0 radical (unpaired) electrons. The van der Waals surface area contributed by atoms with Crippen molar-refractivity contribution in [3.05, 3.63) is 21.9 Å². The van der Waals surface area contributed by atoms with Crippen molar-refractivity contribution in [3.8, 4) is 0 Å². The zero-order chi connectivity index (χ0) is 10.6. The van der Waals surface area contributed by atoms with Crippen molar-refractivity contribution >= 4 is 17.2 Å². The molecule has 14 heavy (non-hydrogen) atoms. The van der Waals surface area contributed by atoms with Crippen LogP contribution < -0.4 is 11.1 Å². The fourth-order valence-electron chi connectivity index (χ4n) is 1.07. The van der Waals surface area contributed by atoms with Crippen molar-refractivity contribution in [1.29, 1.82) is 0 Å². The number of rotatable bonds is 4. The van der Waals surface area contributed by atoms with Gasteiger partial charge in [0, 0.05) is 9.75 Å². The summed E-state index contributed by atoms with van der Waals surface area (Å²) >= 11 is 1.69. The summed E-state index contributed by atoms with van der Waals surface area (Å²) in [6.07, 6.45) is 0.676. The van der Waals surface area contributed by atoms with Gasteiger partial charge in [-0.3, -0.25) is 4.79 Å². The summed E-state index contributed by atoms with van der Waals surface area (Å²) in [6.45, 7) is 4.54. The van der Waals surface area contributed by atoms with Crippen LogP contribution in [0.2, 0.25) is 0 Å². The van der Waals surface area contributed by atoms with Crippen molar-refractivity contribution in [2.24, 2.45) is 5.73 Å².